The van der Waals surface area contributed by atoms with Gasteiger partial charge in [-0.3, -0.25) is 70.5 Å². The van der Waals surface area contributed by atoms with Crippen LogP contribution in [0, 0.1) is 60.7 Å². The molecule has 12 N–H and O–H groups in total. The molecular formula is C87H132N22O21. The Morgan fingerprint density at radius 3 is 0.500 bits per heavy atom. The Morgan fingerprint density at radius 2 is 0.385 bits per heavy atom. The van der Waals surface area contributed by atoms with Gasteiger partial charge in [0.05, 0.1) is 81.9 Å². The van der Waals surface area contributed by atoms with Gasteiger partial charge in [-0.05, 0) is 93.9 Å². The number of carbonyl (C=O) groups excluding carboxylic acids is 7. The maximum absolute atomic E-state index is 12.3. The highest BCUT2D eigenvalue weighted by Crippen LogP contribution is 2.24. The van der Waals surface area contributed by atoms with Gasteiger partial charge in [0.25, 0.3) is 34.1 Å². The number of nitro groups is 6. The minimum atomic E-state index is -2.33. The van der Waals surface area contributed by atoms with Crippen LogP contribution in [-0.2, 0) is 0 Å². The van der Waals surface area contributed by atoms with Gasteiger partial charge in [0.15, 0.2) is 0 Å². The lowest BCUT2D eigenvalue weighted by Crippen LogP contribution is -2.50. The molecule has 0 aliphatic heterocycles. The summed E-state index contributed by atoms with van der Waals surface area (Å²) in [6.07, 6.45) is 19.8. The summed E-state index contributed by atoms with van der Waals surface area (Å²) < 4.78 is 2.84. The predicted molar refractivity (Wildman–Crippen MR) is 498 cm³/mol. The molecule has 0 unspecified atom stereocenters. The Bertz CT molecular complexity index is 3740. The Morgan fingerprint density at radius 1 is 0.254 bits per heavy atom. The van der Waals surface area contributed by atoms with Gasteiger partial charge in [-0.15, -0.1) is 0 Å². The van der Waals surface area contributed by atoms with Crippen molar-refractivity contribution in [3.8, 4) is 0 Å². The third kappa shape index (κ3) is 50.7. The summed E-state index contributed by atoms with van der Waals surface area (Å²) in [7, 11) is 0. The third-order valence-corrected chi connectivity index (χ3v) is 20.1. The lowest BCUT2D eigenvalue weighted by Gasteiger charge is -2.39. The molecule has 6 aromatic rings. The second kappa shape index (κ2) is 65.9. The number of rotatable bonds is 54. The average Bonchev–Trinajstić information content (AvgIpc) is 0.869. The molecule has 6 aromatic carbocycles. The van der Waals surface area contributed by atoms with Gasteiger partial charge in [0, 0.05) is 185 Å². The number of amides is 12. The van der Waals surface area contributed by atoms with E-state index in [2.05, 4.69) is 119 Å². The molecule has 0 spiro atoms. The van der Waals surface area contributed by atoms with Gasteiger partial charge in [0.2, 0.25) is 0 Å². The molecule has 0 aliphatic carbocycles. The highest BCUT2D eigenvalue weighted by molar-refractivity contribution is 5.92. The minimum absolute atomic E-state index is 0.126. The normalized spacial score (nSPS) is 10.7. The van der Waals surface area contributed by atoms with E-state index < -0.39 is 71.9 Å². The first-order chi connectivity index (χ1) is 62.2. The van der Waals surface area contributed by atoms with E-state index in [1.165, 1.54) is 310 Å². The highest BCUT2D eigenvalue weighted by Gasteiger charge is 2.27. The number of non-ortho nitro benzene ring substituents is 6. The molecule has 0 aromatic heterocycles. The molecule has 12 amide bonds. The number of nitrogens with zero attached hydrogens (tertiary/aromatic N) is 10. The second-order valence-corrected chi connectivity index (χ2v) is 30.4. The molecular weight excluding hydrogens is 1690 g/mol. The SMILES string of the molecule is CCCC[N+](CCCC)(CCCC)CCCC.CCCC[N+](CCCC)(CCCC)CCCC.O=C(NCCN(CCNC(=O)Nc1cccc([N+](=O)[O-])c1)CCNC(=O)Nc1cccc([N+](=O)[O-])c1)Nc1cccc([N+](=O)[O-])c1.O=C(NCCN(CCNC(=O)Nc1cccc([N+](=O)[O-])c1)CCNC(=O)Nc1cccc([N+](=O)[O-])c1)Nc1cccc([N+](=O)[O-])c1.O=C([O-])[O-]. The van der Waals surface area contributed by atoms with E-state index in [4.69, 9.17) is 15.0 Å². The molecule has 0 aliphatic rings. The number of benzene rings is 6. The lowest BCUT2D eigenvalue weighted by molar-refractivity contribution is -0.929. The fraction of sp³-hybridized carbons (Fsp3) is 0.506. The zero-order valence-corrected chi connectivity index (χ0v) is 75.9. The van der Waals surface area contributed by atoms with Gasteiger partial charge < -0.3 is 87.8 Å². The summed E-state index contributed by atoms with van der Waals surface area (Å²) in [4.78, 5) is 148. The molecule has 6 rings (SSSR count). The molecule has 0 bridgehead atoms. The molecule has 0 heterocycles. The standard InChI is InChI=1S/2C27H30N10O9.2C16H36N.CH2O3/c2*38-25(31-19-4-1-7-22(16-19)35(41)42)28-10-13-34(14-11-29-26(39)32-20-5-2-8-23(17-20)36(43)44)15-12-30-27(40)33-21-6-3-9-24(18-21)37(45)46;2*1-5-9-13-17(14-10-6-2,15-11-7-3)16-12-8-4;2-1(3)4/h2*1-9,16-18H,10-15H2,(H2,28,31,38)(H2,29,32,39)(H2,30,33,40);2*5-16H2,1-4H3;(H2,2,3,4)/q;;2*+1;/p-2. The van der Waals surface area contributed by atoms with Gasteiger partial charge in [0.1, 0.15) is 0 Å². The summed E-state index contributed by atoms with van der Waals surface area (Å²) in [6.45, 7) is 32.4. The summed E-state index contributed by atoms with van der Waals surface area (Å²) in [5.74, 6) is 0. The molecule has 0 fully saturated rings. The van der Waals surface area contributed by atoms with Crippen molar-refractivity contribution >= 4 is 111 Å². The van der Waals surface area contributed by atoms with E-state index in [0.29, 0.717) is 0 Å². The number of unbranched alkanes of at least 4 members (excludes halogenated alkanes) is 8. The Kier molecular flexibility index (Phi) is 57.1. The van der Waals surface area contributed by atoms with Crippen LogP contribution in [-0.4, -0.2) is 222 Å². The van der Waals surface area contributed by atoms with Crippen molar-refractivity contribution in [1.82, 2.24) is 41.7 Å². The van der Waals surface area contributed by atoms with E-state index in [1.54, 1.807) is 0 Å². The third-order valence-electron chi connectivity index (χ3n) is 20.1. The molecule has 130 heavy (non-hydrogen) atoms. The van der Waals surface area contributed by atoms with Crippen molar-refractivity contribution in [3.05, 3.63) is 206 Å². The predicted octanol–water partition coefficient (Wildman–Crippen LogP) is 14.5. The number of carboxylic acid groups (broad SMARTS) is 2. The van der Waals surface area contributed by atoms with Crippen LogP contribution in [0.2, 0.25) is 0 Å². The number of nitro benzene ring substituents is 6. The van der Waals surface area contributed by atoms with Gasteiger partial charge >= 0.3 is 36.2 Å². The molecule has 0 atom stereocenters. The molecule has 43 nitrogen and oxygen atoms in total. The highest BCUT2D eigenvalue weighted by atomic mass is 16.6. The summed E-state index contributed by atoms with van der Waals surface area (Å²) >= 11 is 0. The number of nitrogens with one attached hydrogen (secondary N) is 12. The van der Waals surface area contributed by atoms with Crippen LogP contribution in [0.5, 0.6) is 0 Å². The van der Waals surface area contributed by atoms with Crippen molar-refractivity contribution in [2.45, 2.75) is 158 Å². The van der Waals surface area contributed by atoms with E-state index >= 15 is 0 Å². The first-order valence-corrected chi connectivity index (χ1v) is 44.0. The zero-order valence-electron chi connectivity index (χ0n) is 75.9. The molecule has 43 heteroatoms. The zero-order chi connectivity index (χ0) is 96.5. The maximum atomic E-state index is 12.3. The summed E-state index contributed by atoms with van der Waals surface area (Å²) in [5.41, 5.74) is 0.219. The van der Waals surface area contributed by atoms with Crippen LogP contribution in [0.3, 0.4) is 0 Å². The van der Waals surface area contributed by atoms with Crippen LogP contribution in [0.25, 0.3) is 0 Å². The van der Waals surface area contributed by atoms with Crippen molar-refractivity contribution in [1.29, 1.82) is 0 Å². The number of hydrogen-bond donors (Lipinski definition) is 12. The summed E-state index contributed by atoms with van der Waals surface area (Å²) in [6, 6.07) is 28.9. The first-order valence-electron chi connectivity index (χ1n) is 44.0. The van der Waals surface area contributed by atoms with Gasteiger partial charge in [-0.1, -0.05) is 143 Å². The number of hydrogen-bond acceptors (Lipinski definition) is 23. The van der Waals surface area contributed by atoms with Crippen LogP contribution >= 0.6 is 0 Å². The van der Waals surface area contributed by atoms with Crippen LogP contribution in [0.1, 0.15) is 158 Å². The van der Waals surface area contributed by atoms with E-state index in [9.17, 15) is 89.5 Å². The molecule has 0 saturated carbocycles. The minimum Gasteiger partial charge on any atom is -0.652 e. The second-order valence-electron chi connectivity index (χ2n) is 30.4. The monoisotopic (exact) mass is 1820 g/mol. The Labute approximate surface area is 758 Å². The Hall–Kier alpha value is -13.6. The van der Waals surface area contributed by atoms with Crippen molar-refractivity contribution in [3.63, 3.8) is 0 Å². The van der Waals surface area contributed by atoms with Crippen molar-refractivity contribution in [2.24, 2.45) is 0 Å². The average molecular weight is 1820 g/mol. The fourth-order valence-electron chi connectivity index (χ4n) is 13.2. The van der Waals surface area contributed by atoms with Crippen LogP contribution in [0.4, 0.5) is 102 Å². The topological polar surface area (TPSA) is 575 Å². The quantitative estimate of drug-likeness (QED) is 0.00958. The first kappa shape index (κ1) is 113. The fourth-order valence-corrected chi connectivity index (χ4v) is 13.2. The smallest absolute Gasteiger partial charge is 0.319 e. The largest absolute Gasteiger partial charge is 0.652 e. The van der Waals surface area contributed by atoms with Crippen LogP contribution in [0.15, 0.2) is 146 Å². The maximum Gasteiger partial charge on any atom is 0.319 e. The number of carbonyl (C=O) groups is 7. The molecule has 0 radical (unpaired) electrons. The summed E-state index contributed by atoms with van der Waals surface area (Å²) in [5, 5.41) is 113. The van der Waals surface area contributed by atoms with Gasteiger partial charge in [-0.2, -0.15) is 0 Å². The molecule has 716 valence electrons. The van der Waals surface area contributed by atoms with E-state index in [1.807, 2.05) is 9.80 Å². The number of anilines is 6. The molecule has 0 saturated heterocycles. The van der Waals surface area contributed by atoms with E-state index in [-0.39, 0.29) is 147 Å². The van der Waals surface area contributed by atoms with Crippen molar-refractivity contribution < 1.29 is 82.3 Å². The number of quaternary nitrogens is 2. The van der Waals surface area contributed by atoms with Gasteiger partial charge in [-0.25, -0.2) is 28.8 Å². The lowest BCUT2D eigenvalue weighted by atomic mass is 10.1. The van der Waals surface area contributed by atoms with Crippen molar-refractivity contribution in [2.75, 3.05) is 163 Å². The van der Waals surface area contributed by atoms with E-state index in [0.717, 1.165) is 0 Å². The number of urea groups is 6. The Balaban J connectivity index is 0.000000633. The van der Waals surface area contributed by atoms with Crippen LogP contribution < -0.4 is 74.0 Å².